The van der Waals surface area contributed by atoms with E-state index in [-0.39, 0.29) is 31.1 Å². The van der Waals surface area contributed by atoms with Gasteiger partial charge in [-0.25, -0.2) is 0 Å². The molecule has 0 spiro atoms. The van der Waals surface area contributed by atoms with Crippen molar-refractivity contribution in [3.05, 3.63) is 97.2 Å². The molecule has 0 aromatic rings. The normalized spacial score (nSPS) is 12.7. The molecule has 0 fully saturated rings. The minimum atomic E-state index is -0.783. The standard InChI is InChI=1S/C77H134O6/c1-4-7-10-13-16-19-22-25-28-30-32-34-36-38-40-42-44-46-49-52-55-58-61-64-67-70-76(79)82-73-74(72-81-75(78)69-66-63-60-57-54-51-48-27-24-21-18-15-12-9-6-3)83-77(80)71-68-65-62-59-56-53-50-47-45-43-41-39-37-35-33-31-29-26-23-20-17-14-11-8-5-2/h7,10,16,19,23,25-26,28,31-34,37-40,74H,4-6,8-9,11-15,17-18,20-22,24,27,29-30,35-36,41-73H2,1-3H3/b10-7-,19-16-,26-23-,28-25-,33-31-,34-32-,39-37-,40-38-. The van der Waals surface area contributed by atoms with Crippen molar-refractivity contribution in [2.45, 2.75) is 361 Å². The molecule has 6 heteroatoms. The molecular weight excluding hydrogens is 1020 g/mol. The third-order valence-corrected chi connectivity index (χ3v) is 15.6. The molecule has 0 heterocycles. The Hall–Kier alpha value is -3.67. The Bertz CT molecular complexity index is 1610. The molecule has 0 saturated carbocycles. The molecular formula is C77H134O6. The van der Waals surface area contributed by atoms with E-state index in [2.05, 4.69) is 118 Å². The highest BCUT2D eigenvalue weighted by atomic mass is 16.6. The number of unbranched alkanes of at least 4 members (excludes halogenated alkanes) is 38. The molecule has 0 saturated heterocycles. The lowest BCUT2D eigenvalue weighted by Crippen LogP contribution is -2.30. The van der Waals surface area contributed by atoms with E-state index in [1.807, 2.05) is 0 Å². The maximum Gasteiger partial charge on any atom is 0.306 e. The van der Waals surface area contributed by atoms with Crippen LogP contribution in [0.4, 0.5) is 0 Å². The molecule has 0 aliphatic rings. The fourth-order valence-electron chi connectivity index (χ4n) is 10.2. The van der Waals surface area contributed by atoms with Gasteiger partial charge < -0.3 is 14.2 Å². The topological polar surface area (TPSA) is 78.9 Å². The van der Waals surface area contributed by atoms with Crippen LogP contribution in [-0.4, -0.2) is 37.2 Å². The molecule has 478 valence electrons. The Labute approximate surface area is 515 Å². The molecule has 0 radical (unpaired) electrons. The first-order valence-corrected chi connectivity index (χ1v) is 35.7. The van der Waals surface area contributed by atoms with Gasteiger partial charge in [0, 0.05) is 19.3 Å². The van der Waals surface area contributed by atoms with Gasteiger partial charge >= 0.3 is 17.9 Å². The fraction of sp³-hybridized carbons (Fsp3) is 0.753. The molecule has 1 atom stereocenters. The van der Waals surface area contributed by atoms with Crippen molar-refractivity contribution < 1.29 is 28.6 Å². The number of allylic oxidation sites excluding steroid dienone is 16. The quantitative estimate of drug-likeness (QED) is 0.0261. The second kappa shape index (κ2) is 70.8. The van der Waals surface area contributed by atoms with Crippen LogP contribution in [0.5, 0.6) is 0 Å². The molecule has 0 amide bonds. The summed E-state index contributed by atoms with van der Waals surface area (Å²) >= 11 is 0. The van der Waals surface area contributed by atoms with Crippen molar-refractivity contribution in [2.75, 3.05) is 13.2 Å². The van der Waals surface area contributed by atoms with E-state index in [1.54, 1.807) is 0 Å². The summed E-state index contributed by atoms with van der Waals surface area (Å²) in [5.41, 5.74) is 0. The van der Waals surface area contributed by atoms with Crippen molar-refractivity contribution in [1.29, 1.82) is 0 Å². The van der Waals surface area contributed by atoms with Gasteiger partial charge in [0.15, 0.2) is 6.10 Å². The van der Waals surface area contributed by atoms with E-state index in [4.69, 9.17) is 14.2 Å². The minimum absolute atomic E-state index is 0.0775. The average molecular weight is 1160 g/mol. The zero-order valence-corrected chi connectivity index (χ0v) is 54.9. The Morgan fingerprint density at radius 3 is 0.735 bits per heavy atom. The van der Waals surface area contributed by atoms with Gasteiger partial charge in [-0.05, 0) is 103 Å². The lowest BCUT2D eigenvalue weighted by atomic mass is 10.0. The summed E-state index contributed by atoms with van der Waals surface area (Å²) in [6, 6.07) is 0. The van der Waals surface area contributed by atoms with Crippen LogP contribution in [-0.2, 0) is 28.6 Å². The number of rotatable bonds is 65. The van der Waals surface area contributed by atoms with Crippen molar-refractivity contribution in [1.82, 2.24) is 0 Å². The van der Waals surface area contributed by atoms with Crippen LogP contribution < -0.4 is 0 Å². The summed E-state index contributed by atoms with van der Waals surface area (Å²) in [5, 5.41) is 0. The Kier molecular flexibility index (Phi) is 67.7. The predicted molar refractivity (Wildman–Crippen MR) is 362 cm³/mol. The Balaban J connectivity index is 4.35. The van der Waals surface area contributed by atoms with Crippen LogP contribution >= 0.6 is 0 Å². The molecule has 0 bridgehead atoms. The summed E-state index contributed by atoms with van der Waals surface area (Å²) < 4.78 is 17.0. The second-order valence-electron chi connectivity index (χ2n) is 23.8. The van der Waals surface area contributed by atoms with E-state index in [9.17, 15) is 14.4 Å². The van der Waals surface area contributed by atoms with Gasteiger partial charge in [-0.3, -0.25) is 14.4 Å². The summed E-state index contributed by atoms with van der Waals surface area (Å²) in [6.07, 6.45) is 95.6. The molecule has 6 nitrogen and oxygen atoms in total. The van der Waals surface area contributed by atoms with Gasteiger partial charge in [0.1, 0.15) is 13.2 Å². The molecule has 83 heavy (non-hydrogen) atoms. The zero-order chi connectivity index (χ0) is 59.9. The Morgan fingerprint density at radius 2 is 0.470 bits per heavy atom. The first-order chi connectivity index (χ1) is 41.0. The van der Waals surface area contributed by atoms with Crippen molar-refractivity contribution in [3.63, 3.8) is 0 Å². The summed E-state index contributed by atoms with van der Waals surface area (Å²) in [4.78, 5) is 38.5. The largest absolute Gasteiger partial charge is 0.462 e. The van der Waals surface area contributed by atoms with Gasteiger partial charge in [0.25, 0.3) is 0 Å². The lowest BCUT2D eigenvalue weighted by Gasteiger charge is -2.18. The van der Waals surface area contributed by atoms with Crippen LogP contribution in [0, 0.1) is 0 Å². The molecule has 0 aliphatic heterocycles. The summed E-state index contributed by atoms with van der Waals surface area (Å²) in [7, 11) is 0. The zero-order valence-electron chi connectivity index (χ0n) is 54.9. The van der Waals surface area contributed by atoms with Gasteiger partial charge in [0.05, 0.1) is 0 Å². The molecule has 0 aliphatic carbocycles. The van der Waals surface area contributed by atoms with E-state index in [1.165, 1.54) is 205 Å². The first kappa shape index (κ1) is 79.3. The maximum absolute atomic E-state index is 13.0. The van der Waals surface area contributed by atoms with Crippen molar-refractivity contribution in [2.24, 2.45) is 0 Å². The smallest absolute Gasteiger partial charge is 0.306 e. The highest BCUT2D eigenvalue weighted by Gasteiger charge is 2.19. The monoisotopic (exact) mass is 1160 g/mol. The SMILES string of the molecule is CC/C=C\C/C=C\C/C=C\C/C=C\C/C=C\CCCCCCCCCCCC(=O)OCC(COC(=O)CCCCCCCCCCCCCCCCC)OC(=O)CCCCCCCCCCCC/C=C\C/C=C\C/C=C\CCCCCCC. The predicted octanol–water partition coefficient (Wildman–Crippen LogP) is 24.8. The van der Waals surface area contributed by atoms with Crippen LogP contribution in [0.2, 0.25) is 0 Å². The van der Waals surface area contributed by atoms with Crippen LogP contribution in [0.1, 0.15) is 355 Å². The average Bonchev–Trinajstić information content (AvgIpc) is 3.49. The van der Waals surface area contributed by atoms with Crippen LogP contribution in [0.3, 0.4) is 0 Å². The second-order valence-corrected chi connectivity index (χ2v) is 23.8. The van der Waals surface area contributed by atoms with E-state index in [0.717, 1.165) is 109 Å². The lowest BCUT2D eigenvalue weighted by molar-refractivity contribution is -0.167. The maximum atomic E-state index is 13.0. The van der Waals surface area contributed by atoms with E-state index in [0.29, 0.717) is 19.3 Å². The number of carbonyl (C=O) groups excluding carboxylic acids is 3. The fourth-order valence-corrected chi connectivity index (χ4v) is 10.2. The minimum Gasteiger partial charge on any atom is -0.462 e. The van der Waals surface area contributed by atoms with Gasteiger partial charge in [-0.1, -0.05) is 330 Å². The number of hydrogen-bond acceptors (Lipinski definition) is 6. The van der Waals surface area contributed by atoms with E-state index >= 15 is 0 Å². The first-order valence-electron chi connectivity index (χ1n) is 35.7. The number of carbonyl (C=O) groups is 3. The highest BCUT2D eigenvalue weighted by Crippen LogP contribution is 2.17. The Morgan fingerprint density at radius 1 is 0.253 bits per heavy atom. The molecule has 0 aromatic carbocycles. The van der Waals surface area contributed by atoms with Crippen molar-refractivity contribution >= 4 is 17.9 Å². The van der Waals surface area contributed by atoms with Gasteiger partial charge in [0.2, 0.25) is 0 Å². The number of hydrogen-bond donors (Lipinski definition) is 0. The third-order valence-electron chi connectivity index (χ3n) is 15.6. The van der Waals surface area contributed by atoms with E-state index < -0.39 is 6.10 Å². The third kappa shape index (κ3) is 69.0. The van der Waals surface area contributed by atoms with Crippen molar-refractivity contribution in [3.8, 4) is 0 Å². The molecule has 0 aromatic heterocycles. The molecule has 1 unspecified atom stereocenters. The van der Waals surface area contributed by atoms with Crippen LogP contribution in [0.25, 0.3) is 0 Å². The summed E-state index contributed by atoms with van der Waals surface area (Å²) in [6.45, 7) is 6.56. The molecule has 0 N–H and O–H groups in total. The van der Waals surface area contributed by atoms with Gasteiger partial charge in [-0.15, -0.1) is 0 Å². The highest BCUT2D eigenvalue weighted by molar-refractivity contribution is 5.71. The van der Waals surface area contributed by atoms with Crippen LogP contribution in [0.15, 0.2) is 97.2 Å². The summed E-state index contributed by atoms with van der Waals surface area (Å²) in [5.74, 6) is -0.870. The number of esters is 3. The number of ether oxygens (including phenoxy) is 3. The van der Waals surface area contributed by atoms with Gasteiger partial charge in [-0.2, -0.15) is 0 Å². The molecule has 0 rings (SSSR count).